The van der Waals surface area contributed by atoms with Crippen molar-refractivity contribution in [3.05, 3.63) is 12.2 Å². The van der Waals surface area contributed by atoms with Crippen molar-refractivity contribution in [2.75, 3.05) is 0 Å². The van der Waals surface area contributed by atoms with Crippen LogP contribution >= 0.6 is 0 Å². The zero-order chi connectivity index (χ0) is 25.1. The highest BCUT2D eigenvalue weighted by Crippen LogP contribution is 2.77. The molecule has 0 spiro atoms. The Labute approximate surface area is 206 Å². The van der Waals surface area contributed by atoms with E-state index in [4.69, 9.17) is 0 Å². The normalized spacial score (nSPS) is 55.9. The van der Waals surface area contributed by atoms with Crippen LogP contribution in [0, 0.1) is 56.7 Å². The van der Waals surface area contributed by atoms with Gasteiger partial charge in [0.2, 0.25) is 0 Å². The van der Waals surface area contributed by atoms with Crippen molar-refractivity contribution in [2.24, 2.45) is 56.7 Å². The lowest BCUT2D eigenvalue weighted by atomic mass is 9.32. The number of hydrogen-bond donors (Lipinski definition) is 3. The number of aliphatic hydroxyl groups excluding tert-OH is 2. The number of aliphatic hydroxyl groups is 2. The zero-order valence-corrected chi connectivity index (χ0v) is 22.4. The van der Waals surface area contributed by atoms with Crippen LogP contribution in [0.4, 0.5) is 0 Å². The van der Waals surface area contributed by atoms with E-state index in [1.165, 1.54) is 5.57 Å². The Hall–Kier alpha value is -0.870. The smallest absolute Gasteiger partial charge is 0.309 e. The summed E-state index contributed by atoms with van der Waals surface area (Å²) in [7, 11) is 0. The molecular weight excluding hydrogens is 424 g/mol. The van der Waals surface area contributed by atoms with Gasteiger partial charge in [0.15, 0.2) is 0 Å². The van der Waals surface area contributed by atoms with Gasteiger partial charge in [-0.2, -0.15) is 0 Å². The van der Waals surface area contributed by atoms with E-state index in [9.17, 15) is 20.1 Å². The van der Waals surface area contributed by atoms with E-state index in [0.29, 0.717) is 30.1 Å². The molecular formula is C30H48O4. The lowest BCUT2D eigenvalue weighted by molar-refractivity contribution is -0.263. The van der Waals surface area contributed by atoms with Gasteiger partial charge in [0, 0.05) is 0 Å². The summed E-state index contributed by atoms with van der Waals surface area (Å²) in [5.74, 6) is 1.24. The summed E-state index contributed by atoms with van der Waals surface area (Å²) in [6, 6.07) is 0. The largest absolute Gasteiger partial charge is 0.481 e. The van der Waals surface area contributed by atoms with Crippen molar-refractivity contribution >= 4 is 5.97 Å². The Balaban J connectivity index is 1.57. The fraction of sp³-hybridized carbons (Fsp3) is 0.900. The van der Waals surface area contributed by atoms with Crippen molar-refractivity contribution in [1.29, 1.82) is 0 Å². The van der Waals surface area contributed by atoms with Crippen molar-refractivity contribution in [3.8, 4) is 0 Å². The van der Waals surface area contributed by atoms with E-state index >= 15 is 0 Å². The summed E-state index contributed by atoms with van der Waals surface area (Å²) in [6.07, 6.45) is 7.32. The number of carboxylic acids is 1. The molecule has 5 fully saturated rings. The van der Waals surface area contributed by atoms with Gasteiger partial charge in [-0.25, -0.2) is 0 Å². The molecule has 0 bridgehead atoms. The predicted molar refractivity (Wildman–Crippen MR) is 134 cm³/mol. The number of rotatable bonds is 2. The van der Waals surface area contributed by atoms with Gasteiger partial charge in [0.1, 0.15) is 0 Å². The molecule has 4 unspecified atom stereocenters. The molecule has 0 aromatic carbocycles. The van der Waals surface area contributed by atoms with E-state index in [1.807, 2.05) is 0 Å². The average Bonchev–Trinajstić information content (AvgIpc) is 3.14. The van der Waals surface area contributed by atoms with Gasteiger partial charge in [0.05, 0.1) is 17.6 Å². The summed E-state index contributed by atoms with van der Waals surface area (Å²) < 4.78 is 0. The molecule has 5 saturated carbocycles. The summed E-state index contributed by atoms with van der Waals surface area (Å²) in [4.78, 5) is 12.8. The third-order valence-electron chi connectivity index (χ3n) is 13.4. The maximum Gasteiger partial charge on any atom is 0.309 e. The Morgan fingerprint density at radius 1 is 0.853 bits per heavy atom. The first-order chi connectivity index (χ1) is 15.7. The molecule has 0 aromatic rings. The molecule has 0 radical (unpaired) electrons. The molecule has 4 heteroatoms. The quantitative estimate of drug-likeness (QED) is 0.427. The van der Waals surface area contributed by atoms with Gasteiger partial charge >= 0.3 is 5.97 Å². The lowest BCUT2D eigenvalue weighted by Crippen LogP contribution is -2.68. The van der Waals surface area contributed by atoms with E-state index < -0.39 is 23.6 Å². The topological polar surface area (TPSA) is 77.8 Å². The van der Waals surface area contributed by atoms with Gasteiger partial charge in [-0.1, -0.05) is 46.8 Å². The van der Waals surface area contributed by atoms with Crippen LogP contribution in [0.1, 0.15) is 99.3 Å². The first kappa shape index (κ1) is 24.8. The maximum atomic E-state index is 12.8. The molecule has 34 heavy (non-hydrogen) atoms. The fourth-order valence-electron chi connectivity index (χ4n) is 11.7. The monoisotopic (exact) mass is 472 g/mol. The van der Waals surface area contributed by atoms with Crippen LogP contribution in [0.5, 0.6) is 0 Å². The van der Waals surface area contributed by atoms with Gasteiger partial charge in [-0.05, 0) is 116 Å². The molecule has 0 heterocycles. The molecule has 5 aliphatic carbocycles. The maximum absolute atomic E-state index is 12.8. The van der Waals surface area contributed by atoms with Gasteiger partial charge in [-0.15, -0.1) is 0 Å². The second-order valence-electron chi connectivity index (χ2n) is 14.7. The molecule has 4 nitrogen and oxygen atoms in total. The van der Waals surface area contributed by atoms with E-state index in [2.05, 4.69) is 48.1 Å². The molecule has 0 aromatic heterocycles. The Morgan fingerprint density at radius 2 is 1.53 bits per heavy atom. The van der Waals surface area contributed by atoms with Crippen LogP contribution in [0.3, 0.4) is 0 Å². The number of carboxylic acid groups (broad SMARTS) is 1. The summed E-state index contributed by atoms with van der Waals surface area (Å²) in [5, 5.41) is 32.4. The molecule has 0 aliphatic heterocycles. The average molecular weight is 473 g/mol. The first-order valence-electron chi connectivity index (χ1n) is 13.9. The number of carbonyl (C=O) groups is 1. The van der Waals surface area contributed by atoms with E-state index in [0.717, 1.165) is 51.4 Å². The number of fused-ring (bicyclic) bond motifs is 7. The minimum Gasteiger partial charge on any atom is -0.481 e. The van der Waals surface area contributed by atoms with Gasteiger partial charge < -0.3 is 15.3 Å². The number of hydrogen-bond acceptors (Lipinski definition) is 3. The second kappa shape index (κ2) is 7.34. The first-order valence-corrected chi connectivity index (χ1v) is 13.9. The number of aliphatic carboxylic acids is 1. The number of allylic oxidation sites excluding steroid dienone is 1. The zero-order valence-electron chi connectivity index (χ0n) is 22.4. The minimum atomic E-state index is -0.669. The van der Waals surface area contributed by atoms with Gasteiger partial charge in [0.25, 0.3) is 0 Å². The van der Waals surface area contributed by atoms with Crippen LogP contribution in [0.25, 0.3) is 0 Å². The summed E-state index contributed by atoms with van der Waals surface area (Å²) in [5.41, 5.74) is 0.501. The van der Waals surface area contributed by atoms with Crippen molar-refractivity contribution in [3.63, 3.8) is 0 Å². The van der Waals surface area contributed by atoms with E-state index in [-0.39, 0.29) is 27.6 Å². The molecule has 3 N–H and O–H groups in total. The molecule has 5 aliphatic rings. The highest BCUT2D eigenvalue weighted by Gasteiger charge is 2.72. The Bertz CT molecular complexity index is 894. The SMILES string of the molecule is C=C(C)[C@@H]1CC[C@]2(C(=O)O)CC[C@]3(C)C(CCC4[C@@]5(C)C[C@@H](O)[C@H](O)C(C)(C)C5CC[C@]43C)C12. The molecule has 0 amide bonds. The van der Waals surface area contributed by atoms with Gasteiger partial charge in [-0.3, -0.25) is 4.79 Å². The fourth-order valence-corrected chi connectivity index (χ4v) is 11.7. The standard InChI is InChI=1S/C30H48O4/c1-17(2)18-10-13-30(25(33)34)15-14-28(6)19(23(18)30)8-9-22-27(5)16-20(31)24(32)26(3,4)21(27)11-12-29(22,28)7/h18-24,31-32H,1,8-16H2,2-7H3,(H,33,34)/t18-,19?,20+,21?,22?,23?,24-,27-,28+,29+,30-/m0/s1. The van der Waals surface area contributed by atoms with Crippen LogP contribution < -0.4 is 0 Å². The molecule has 0 saturated heterocycles. The highest BCUT2D eigenvalue weighted by molar-refractivity contribution is 5.76. The third kappa shape index (κ3) is 2.76. The molecule has 5 rings (SSSR count). The summed E-state index contributed by atoms with van der Waals surface area (Å²) in [6.45, 7) is 18.2. The highest BCUT2D eigenvalue weighted by atomic mass is 16.4. The lowest BCUT2D eigenvalue weighted by Gasteiger charge is -2.73. The second-order valence-corrected chi connectivity index (χ2v) is 14.7. The van der Waals surface area contributed by atoms with E-state index in [1.54, 1.807) is 0 Å². The Morgan fingerprint density at radius 3 is 2.15 bits per heavy atom. The molecule has 192 valence electrons. The Kier molecular flexibility index (Phi) is 5.36. The van der Waals surface area contributed by atoms with Crippen molar-refractivity contribution in [2.45, 2.75) is 112 Å². The molecule has 11 atom stereocenters. The van der Waals surface area contributed by atoms with Crippen molar-refractivity contribution < 1.29 is 20.1 Å². The van der Waals surface area contributed by atoms with Crippen molar-refractivity contribution in [1.82, 2.24) is 0 Å². The predicted octanol–water partition coefficient (Wildman–Crippen LogP) is 6.06. The van der Waals surface area contributed by atoms with Crippen LogP contribution in [-0.4, -0.2) is 33.5 Å². The minimum absolute atomic E-state index is 0.00606. The van der Waals surface area contributed by atoms with Crippen LogP contribution in [0.2, 0.25) is 0 Å². The third-order valence-corrected chi connectivity index (χ3v) is 13.4. The van der Waals surface area contributed by atoms with Crippen LogP contribution in [-0.2, 0) is 4.79 Å². The van der Waals surface area contributed by atoms with Crippen LogP contribution in [0.15, 0.2) is 12.2 Å². The summed E-state index contributed by atoms with van der Waals surface area (Å²) >= 11 is 0.